The van der Waals surface area contributed by atoms with Gasteiger partial charge in [-0.1, -0.05) is 0 Å². The van der Waals surface area contributed by atoms with E-state index in [0.29, 0.717) is 29.1 Å². The van der Waals surface area contributed by atoms with Crippen molar-refractivity contribution in [1.82, 2.24) is 15.1 Å². The molecule has 2 N–H and O–H groups in total. The molecule has 142 valence electrons. The van der Waals surface area contributed by atoms with E-state index in [0.717, 1.165) is 12.8 Å². The molecule has 2 heterocycles. The molecule has 2 bridgehead atoms. The number of nitrogens with one attached hydrogen (secondary N) is 2. The van der Waals surface area contributed by atoms with Crippen LogP contribution in [-0.4, -0.2) is 68.1 Å². The summed E-state index contributed by atoms with van der Waals surface area (Å²) >= 11 is 0. The molecule has 7 heteroatoms. The zero-order valence-corrected chi connectivity index (χ0v) is 15.9. The molecule has 2 aliphatic rings. The van der Waals surface area contributed by atoms with Crippen LogP contribution in [0.4, 0.5) is 10.5 Å². The molecule has 0 aromatic heterocycles. The van der Waals surface area contributed by atoms with Crippen LogP contribution in [-0.2, 0) is 0 Å². The Morgan fingerprint density at radius 2 is 1.85 bits per heavy atom. The molecule has 0 spiro atoms. The number of urea groups is 1. The molecular formula is C19H28N4O3. The lowest BCUT2D eigenvalue weighted by molar-refractivity contribution is 0.0827. The quantitative estimate of drug-likeness (QED) is 0.863. The lowest BCUT2D eigenvalue weighted by Gasteiger charge is -2.36. The smallest absolute Gasteiger partial charge is 0.319 e. The third-order valence-electron chi connectivity index (χ3n) is 5.53. The molecule has 3 amide bonds. The number of carbonyl (C=O) groups is 2. The van der Waals surface area contributed by atoms with E-state index in [1.165, 1.54) is 17.7 Å². The monoisotopic (exact) mass is 360 g/mol. The van der Waals surface area contributed by atoms with Crippen LogP contribution in [0.15, 0.2) is 18.2 Å². The first-order valence-electron chi connectivity index (χ1n) is 9.08. The molecule has 1 aromatic rings. The molecule has 2 unspecified atom stereocenters. The maximum absolute atomic E-state index is 12.5. The topological polar surface area (TPSA) is 73.9 Å². The van der Waals surface area contributed by atoms with Crippen LogP contribution >= 0.6 is 0 Å². The van der Waals surface area contributed by atoms with Crippen molar-refractivity contribution < 1.29 is 14.3 Å². The fourth-order valence-corrected chi connectivity index (χ4v) is 4.07. The van der Waals surface area contributed by atoms with Crippen molar-refractivity contribution in [2.24, 2.45) is 0 Å². The predicted molar refractivity (Wildman–Crippen MR) is 101 cm³/mol. The van der Waals surface area contributed by atoms with Crippen molar-refractivity contribution in [3.8, 4) is 5.75 Å². The number of amides is 3. The fraction of sp³-hybridized carbons (Fsp3) is 0.579. The number of hydrogen-bond acceptors (Lipinski definition) is 4. The number of rotatable bonds is 4. The van der Waals surface area contributed by atoms with Crippen molar-refractivity contribution in [3.63, 3.8) is 0 Å². The van der Waals surface area contributed by atoms with Crippen LogP contribution in [0, 0.1) is 0 Å². The summed E-state index contributed by atoms with van der Waals surface area (Å²) in [6.45, 7) is 0. The van der Waals surface area contributed by atoms with Crippen LogP contribution in [0.25, 0.3) is 0 Å². The third-order valence-corrected chi connectivity index (χ3v) is 5.53. The number of ether oxygens (including phenoxy) is 1. The number of nitrogens with zero attached hydrogens (tertiary/aromatic N) is 2. The van der Waals surface area contributed by atoms with Crippen LogP contribution in [0.2, 0.25) is 0 Å². The summed E-state index contributed by atoms with van der Waals surface area (Å²) in [5.41, 5.74) is 0.997. The second-order valence-corrected chi connectivity index (χ2v) is 7.43. The average Bonchev–Trinajstić information content (AvgIpc) is 2.82. The molecule has 2 fully saturated rings. The zero-order valence-electron chi connectivity index (χ0n) is 15.9. The maximum atomic E-state index is 12.5. The minimum absolute atomic E-state index is 0.122. The van der Waals surface area contributed by atoms with Crippen molar-refractivity contribution in [2.75, 3.05) is 33.6 Å². The first-order valence-corrected chi connectivity index (χ1v) is 9.08. The number of carbonyl (C=O) groups excluding carboxylic acids is 2. The van der Waals surface area contributed by atoms with Crippen LogP contribution in [0.3, 0.4) is 0 Å². The maximum Gasteiger partial charge on any atom is 0.319 e. The summed E-state index contributed by atoms with van der Waals surface area (Å²) in [7, 11) is 7.11. The number of piperidine rings is 1. The SMILES string of the molecule is COc1ccc(C(=O)N(C)C)cc1NC(=O)NC1CC2CCC(C1)N2C. The Bertz CT molecular complexity index is 677. The lowest BCUT2D eigenvalue weighted by Crippen LogP contribution is -2.49. The standard InChI is InChI=1S/C19H28N4O3/c1-22(2)18(24)12-5-8-17(26-4)16(9-12)21-19(25)20-13-10-14-6-7-15(11-13)23(14)3/h5,8-9,13-15H,6-7,10-11H2,1-4H3,(H2,20,21,25). The molecule has 7 nitrogen and oxygen atoms in total. The lowest BCUT2D eigenvalue weighted by atomic mass is 9.98. The molecular weight excluding hydrogens is 332 g/mol. The second-order valence-electron chi connectivity index (χ2n) is 7.43. The Morgan fingerprint density at radius 3 is 2.42 bits per heavy atom. The van der Waals surface area contributed by atoms with Gasteiger partial charge in [-0.2, -0.15) is 0 Å². The Hall–Kier alpha value is -2.28. The largest absolute Gasteiger partial charge is 0.495 e. The van der Waals surface area contributed by atoms with E-state index in [1.807, 2.05) is 0 Å². The summed E-state index contributed by atoms with van der Waals surface area (Å²) in [6.07, 6.45) is 4.39. The Balaban J connectivity index is 1.66. The number of fused-ring (bicyclic) bond motifs is 2. The minimum atomic E-state index is -0.258. The molecule has 0 radical (unpaired) electrons. The minimum Gasteiger partial charge on any atom is -0.495 e. The Morgan fingerprint density at radius 1 is 1.19 bits per heavy atom. The predicted octanol–water partition coefficient (Wildman–Crippen LogP) is 2.14. The van der Waals surface area contributed by atoms with Gasteiger partial charge in [-0.3, -0.25) is 4.79 Å². The van der Waals surface area contributed by atoms with Gasteiger partial charge >= 0.3 is 6.03 Å². The molecule has 0 aliphatic carbocycles. The van der Waals surface area contributed by atoms with E-state index in [4.69, 9.17) is 4.74 Å². The Kier molecular flexibility index (Phi) is 5.36. The average molecular weight is 360 g/mol. The van der Waals surface area contributed by atoms with E-state index < -0.39 is 0 Å². The second kappa shape index (κ2) is 7.53. The van der Waals surface area contributed by atoms with Gasteiger partial charge in [0.1, 0.15) is 5.75 Å². The number of hydrogen-bond donors (Lipinski definition) is 2. The van der Waals surface area contributed by atoms with Gasteiger partial charge in [-0.25, -0.2) is 4.79 Å². The van der Waals surface area contributed by atoms with E-state index in [2.05, 4.69) is 22.6 Å². The summed E-state index contributed by atoms with van der Waals surface area (Å²) in [5.74, 6) is 0.405. The number of benzene rings is 1. The number of anilines is 1. The van der Waals surface area contributed by atoms with Gasteiger partial charge in [-0.15, -0.1) is 0 Å². The Labute approximate surface area is 154 Å². The van der Waals surface area contributed by atoms with Gasteiger partial charge in [-0.05, 0) is 50.9 Å². The van der Waals surface area contributed by atoms with E-state index in [9.17, 15) is 9.59 Å². The first-order chi connectivity index (χ1) is 12.4. The summed E-state index contributed by atoms with van der Waals surface area (Å²) in [6, 6.07) is 6.09. The molecule has 3 rings (SSSR count). The highest BCUT2D eigenvalue weighted by Gasteiger charge is 2.38. The van der Waals surface area contributed by atoms with E-state index in [-0.39, 0.29) is 18.0 Å². The summed E-state index contributed by atoms with van der Waals surface area (Å²) < 4.78 is 5.32. The zero-order chi connectivity index (χ0) is 18.8. The van der Waals surface area contributed by atoms with Crippen molar-refractivity contribution in [2.45, 2.75) is 43.8 Å². The fourth-order valence-electron chi connectivity index (χ4n) is 4.07. The van der Waals surface area contributed by atoms with Crippen LogP contribution < -0.4 is 15.4 Å². The van der Waals surface area contributed by atoms with Crippen LogP contribution in [0.1, 0.15) is 36.0 Å². The highest BCUT2D eigenvalue weighted by Crippen LogP contribution is 2.34. The highest BCUT2D eigenvalue weighted by atomic mass is 16.5. The van der Waals surface area contributed by atoms with Crippen molar-refractivity contribution in [1.29, 1.82) is 0 Å². The summed E-state index contributed by atoms with van der Waals surface area (Å²) in [4.78, 5) is 28.6. The van der Waals surface area contributed by atoms with Gasteiger partial charge in [0.2, 0.25) is 0 Å². The van der Waals surface area contributed by atoms with E-state index in [1.54, 1.807) is 39.4 Å². The molecule has 2 saturated heterocycles. The van der Waals surface area contributed by atoms with Gasteiger partial charge in [0.15, 0.2) is 0 Å². The molecule has 1 aromatic carbocycles. The molecule has 26 heavy (non-hydrogen) atoms. The number of methoxy groups -OCH3 is 1. The molecule has 0 saturated carbocycles. The van der Waals surface area contributed by atoms with Crippen molar-refractivity contribution >= 4 is 17.6 Å². The van der Waals surface area contributed by atoms with E-state index >= 15 is 0 Å². The van der Waals surface area contributed by atoms with Gasteiger partial charge in [0.05, 0.1) is 12.8 Å². The van der Waals surface area contributed by atoms with Crippen molar-refractivity contribution in [3.05, 3.63) is 23.8 Å². The summed E-state index contributed by atoms with van der Waals surface area (Å²) in [5, 5.41) is 5.93. The van der Waals surface area contributed by atoms with Gasteiger partial charge in [0.25, 0.3) is 5.91 Å². The van der Waals surface area contributed by atoms with Gasteiger partial charge < -0.3 is 25.2 Å². The molecule has 2 aliphatic heterocycles. The van der Waals surface area contributed by atoms with Gasteiger partial charge in [0, 0.05) is 37.8 Å². The van der Waals surface area contributed by atoms with Crippen LogP contribution in [0.5, 0.6) is 5.75 Å². The first kappa shape index (κ1) is 18.5. The molecule has 2 atom stereocenters. The third kappa shape index (κ3) is 3.77. The normalized spacial score (nSPS) is 24.8. The highest BCUT2D eigenvalue weighted by molar-refractivity contribution is 5.97.